The number of aliphatic hydroxyl groups is 1. The van der Waals surface area contributed by atoms with Gasteiger partial charge in [-0.05, 0) is 43.7 Å². The molecule has 2 aliphatic rings. The zero-order valence-electron chi connectivity index (χ0n) is 19.0. The Bertz CT molecular complexity index is 661. The number of ether oxygens (including phenoxy) is 1. The molecule has 2 saturated heterocycles. The molecule has 0 radical (unpaired) electrons. The second-order valence-corrected chi connectivity index (χ2v) is 9.44. The van der Waals surface area contributed by atoms with Gasteiger partial charge in [-0.3, -0.25) is 14.6 Å². The molecule has 3 rings (SSSR count). The summed E-state index contributed by atoms with van der Waals surface area (Å²) in [7, 11) is 0. The summed E-state index contributed by atoms with van der Waals surface area (Å²) in [6, 6.07) is 8.39. The summed E-state index contributed by atoms with van der Waals surface area (Å²) in [6.45, 7) is 13.3. The minimum Gasteiger partial charge on any atom is -0.393 e. The van der Waals surface area contributed by atoms with E-state index >= 15 is 0 Å². The molecular formula is C24H39N3O3. The first-order chi connectivity index (χ1) is 14.3. The van der Waals surface area contributed by atoms with E-state index in [0.29, 0.717) is 6.54 Å². The fourth-order valence-corrected chi connectivity index (χ4v) is 4.73. The molecule has 0 aliphatic carbocycles. The number of carbonyl (C=O) groups excluding carboxylic acids is 1. The number of carbonyl (C=O) groups is 1. The van der Waals surface area contributed by atoms with E-state index in [2.05, 4.69) is 67.1 Å². The molecule has 3 unspecified atom stereocenters. The lowest BCUT2D eigenvalue weighted by Crippen LogP contribution is -2.56. The average molecular weight is 418 g/mol. The first kappa shape index (κ1) is 23.2. The van der Waals surface area contributed by atoms with Gasteiger partial charge in [0.1, 0.15) is 0 Å². The maximum Gasteiger partial charge on any atom is 0.237 e. The Labute approximate surface area is 181 Å². The number of nitrogens with zero attached hydrogens (tertiary/aromatic N) is 2. The fraction of sp³-hybridized carbons (Fsp3) is 0.708. The highest BCUT2D eigenvalue weighted by molar-refractivity contribution is 5.82. The van der Waals surface area contributed by atoms with Crippen molar-refractivity contribution in [3.63, 3.8) is 0 Å². The second-order valence-electron chi connectivity index (χ2n) is 9.44. The molecular weight excluding hydrogens is 378 g/mol. The molecule has 2 aliphatic heterocycles. The van der Waals surface area contributed by atoms with Crippen LogP contribution in [0.1, 0.15) is 51.7 Å². The molecule has 30 heavy (non-hydrogen) atoms. The van der Waals surface area contributed by atoms with Gasteiger partial charge in [-0.1, -0.05) is 38.1 Å². The molecule has 6 heteroatoms. The van der Waals surface area contributed by atoms with Crippen LogP contribution < -0.4 is 5.32 Å². The van der Waals surface area contributed by atoms with Crippen LogP contribution in [-0.4, -0.2) is 71.3 Å². The first-order valence-electron chi connectivity index (χ1n) is 11.5. The summed E-state index contributed by atoms with van der Waals surface area (Å²) in [5.41, 5.74) is 2.39. The molecule has 2 fully saturated rings. The van der Waals surface area contributed by atoms with Crippen LogP contribution in [-0.2, 0) is 22.6 Å². The highest BCUT2D eigenvalue weighted by atomic mass is 16.5. The van der Waals surface area contributed by atoms with Crippen molar-refractivity contribution in [3.8, 4) is 0 Å². The normalized spacial score (nSPS) is 25.4. The lowest BCUT2D eigenvalue weighted by atomic mass is 9.99. The van der Waals surface area contributed by atoms with Gasteiger partial charge in [-0.15, -0.1) is 0 Å². The highest BCUT2D eigenvalue weighted by Crippen LogP contribution is 2.19. The predicted octanol–water partition coefficient (Wildman–Crippen LogP) is 2.39. The van der Waals surface area contributed by atoms with Crippen LogP contribution in [0.25, 0.3) is 0 Å². The molecule has 0 aromatic heterocycles. The summed E-state index contributed by atoms with van der Waals surface area (Å²) in [5.74, 6) is 0.343. The minimum atomic E-state index is -0.134. The molecule has 2 N–H and O–H groups in total. The highest BCUT2D eigenvalue weighted by Gasteiger charge is 2.34. The van der Waals surface area contributed by atoms with Crippen molar-refractivity contribution in [1.29, 1.82) is 0 Å². The maximum absolute atomic E-state index is 13.0. The summed E-state index contributed by atoms with van der Waals surface area (Å²) in [5, 5.41) is 12.8. The third-order valence-electron chi connectivity index (χ3n) is 6.19. The van der Waals surface area contributed by atoms with Gasteiger partial charge in [0.05, 0.1) is 24.4 Å². The van der Waals surface area contributed by atoms with Crippen LogP contribution in [0, 0.1) is 5.92 Å². The predicted molar refractivity (Wildman–Crippen MR) is 119 cm³/mol. The largest absolute Gasteiger partial charge is 0.393 e. The Morgan fingerprint density at radius 3 is 2.23 bits per heavy atom. The van der Waals surface area contributed by atoms with Gasteiger partial charge in [0.15, 0.2) is 0 Å². The first-order valence-corrected chi connectivity index (χ1v) is 11.5. The van der Waals surface area contributed by atoms with Crippen molar-refractivity contribution in [2.75, 3.05) is 26.2 Å². The summed E-state index contributed by atoms with van der Waals surface area (Å²) in [4.78, 5) is 17.7. The van der Waals surface area contributed by atoms with E-state index in [-0.39, 0.29) is 36.2 Å². The quantitative estimate of drug-likeness (QED) is 0.713. The van der Waals surface area contributed by atoms with Gasteiger partial charge in [0.25, 0.3) is 0 Å². The van der Waals surface area contributed by atoms with Crippen molar-refractivity contribution in [1.82, 2.24) is 15.1 Å². The lowest BCUT2D eigenvalue weighted by Gasteiger charge is -2.41. The van der Waals surface area contributed by atoms with Gasteiger partial charge >= 0.3 is 0 Å². The summed E-state index contributed by atoms with van der Waals surface area (Å²) >= 11 is 0. The number of hydrogen-bond donors (Lipinski definition) is 2. The van der Waals surface area contributed by atoms with Crippen molar-refractivity contribution in [2.45, 2.75) is 78.0 Å². The lowest BCUT2D eigenvalue weighted by molar-refractivity contribution is -0.135. The van der Waals surface area contributed by atoms with E-state index in [1.807, 2.05) is 0 Å². The van der Waals surface area contributed by atoms with Gasteiger partial charge < -0.3 is 15.2 Å². The van der Waals surface area contributed by atoms with E-state index in [1.54, 1.807) is 0 Å². The van der Waals surface area contributed by atoms with E-state index in [0.717, 1.165) is 51.1 Å². The number of piperidine rings is 1. The van der Waals surface area contributed by atoms with Crippen LogP contribution in [0.3, 0.4) is 0 Å². The van der Waals surface area contributed by atoms with Crippen LogP contribution in [0.5, 0.6) is 0 Å². The third kappa shape index (κ3) is 6.51. The maximum atomic E-state index is 13.0. The van der Waals surface area contributed by atoms with E-state index < -0.39 is 0 Å². The van der Waals surface area contributed by atoms with Crippen molar-refractivity contribution >= 4 is 5.91 Å². The number of likely N-dealkylation sites (tertiary alicyclic amines) is 1. The summed E-state index contributed by atoms with van der Waals surface area (Å²) < 4.78 is 5.84. The van der Waals surface area contributed by atoms with E-state index in [4.69, 9.17) is 4.74 Å². The fourth-order valence-electron chi connectivity index (χ4n) is 4.73. The van der Waals surface area contributed by atoms with Crippen molar-refractivity contribution in [3.05, 3.63) is 35.4 Å². The standard InChI is InChI=1S/C24H39N3O3/c1-17(2)23(27-14-18(3)30-19(4)15-27)24(29)25-13-20-5-7-21(8-6-20)16-26-11-9-22(28)10-12-26/h5-8,17-19,22-23,28H,9-16H2,1-4H3,(H,25,29). The van der Waals surface area contributed by atoms with Crippen molar-refractivity contribution < 1.29 is 14.6 Å². The number of morpholine rings is 1. The van der Waals surface area contributed by atoms with E-state index in [9.17, 15) is 9.90 Å². The van der Waals surface area contributed by atoms with Gasteiger partial charge in [-0.2, -0.15) is 0 Å². The zero-order valence-corrected chi connectivity index (χ0v) is 19.0. The Kier molecular flexibility index (Phi) is 8.28. The SMILES string of the molecule is CC1CN(C(C(=O)NCc2ccc(CN3CCC(O)CC3)cc2)C(C)C)CC(C)O1. The molecule has 2 heterocycles. The van der Waals surface area contributed by atoms with Gasteiger partial charge in [0.2, 0.25) is 5.91 Å². The molecule has 0 saturated carbocycles. The number of aliphatic hydroxyl groups excluding tert-OH is 1. The van der Waals surface area contributed by atoms with Crippen LogP contribution in [0.15, 0.2) is 24.3 Å². The third-order valence-corrected chi connectivity index (χ3v) is 6.19. The number of benzene rings is 1. The molecule has 0 bridgehead atoms. The number of nitrogens with one attached hydrogen (secondary N) is 1. The Morgan fingerprint density at radius 2 is 1.67 bits per heavy atom. The second kappa shape index (κ2) is 10.7. The van der Waals surface area contributed by atoms with Crippen molar-refractivity contribution in [2.24, 2.45) is 5.92 Å². The molecule has 168 valence electrons. The minimum absolute atomic E-state index is 0.0993. The monoisotopic (exact) mass is 417 g/mol. The Morgan fingerprint density at radius 1 is 1.10 bits per heavy atom. The number of amides is 1. The van der Waals surface area contributed by atoms with Gasteiger partial charge in [0, 0.05) is 39.3 Å². The smallest absolute Gasteiger partial charge is 0.237 e. The van der Waals surface area contributed by atoms with Crippen LogP contribution >= 0.6 is 0 Å². The topological polar surface area (TPSA) is 65.0 Å². The van der Waals surface area contributed by atoms with Crippen LogP contribution in [0.4, 0.5) is 0 Å². The number of rotatable bonds is 7. The Balaban J connectivity index is 1.51. The molecule has 1 aromatic carbocycles. The average Bonchev–Trinajstić information content (AvgIpc) is 2.68. The molecule has 1 amide bonds. The van der Waals surface area contributed by atoms with Gasteiger partial charge in [-0.25, -0.2) is 0 Å². The van der Waals surface area contributed by atoms with Crippen LogP contribution in [0.2, 0.25) is 0 Å². The Hall–Kier alpha value is -1.47. The molecule has 3 atom stereocenters. The molecule has 0 spiro atoms. The summed E-state index contributed by atoms with van der Waals surface area (Å²) in [6.07, 6.45) is 1.90. The van der Waals surface area contributed by atoms with E-state index in [1.165, 1.54) is 5.56 Å². The number of hydrogen-bond acceptors (Lipinski definition) is 5. The zero-order chi connectivity index (χ0) is 21.7. The molecule has 1 aromatic rings. The molecule has 6 nitrogen and oxygen atoms in total.